The van der Waals surface area contributed by atoms with E-state index in [0.717, 1.165) is 30.6 Å². The van der Waals surface area contributed by atoms with Crippen LogP contribution >= 0.6 is 11.6 Å². The molecule has 0 fully saturated rings. The third-order valence-electron chi connectivity index (χ3n) is 5.01. The predicted octanol–water partition coefficient (Wildman–Crippen LogP) is 4.35. The Morgan fingerprint density at radius 2 is 2.00 bits per heavy atom. The first-order valence-electron chi connectivity index (χ1n) is 9.74. The van der Waals surface area contributed by atoms with Gasteiger partial charge in [-0.15, -0.1) is 0 Å². The highest BCUT2D eigenvalue weighted by atomic mass is 35.5. The molecule has 1 amide bonds. The Balaban J connectivity index is 1.35. The number of aryl methyl sites for hydroxylation is 1. The van der Waals surface area contributed by atoms with Crippen LogP contribution in [-0.2, 0) is 24.2 Å². The minimum Gasteiger partial charge on any atom is -0.481 e. The Labute approximate surface area is 174 Å². The van der Waals surface area contributed by atoms with Crippen molar-refractivity contribution in [1.29, 1.82) is 0 Å². The molecule has 1 aromatic heterocycles. The molecule has 1 atom stereocenters. The molecule has 0 radical (unpaired) electrons. The van der Waals surface area contributed by atoms with E-state index < -0.39 is 6.10 Å². The van der Waals surface area contributed by atoms with Crippen LogP contribution in [0.4, 0.5) is 0 Å². The number of benzene rings is 2. The summed E-state index contributed by atoms with van der Waals surface area (Å²) in [6.07, 6.45) is 3.80. The van der Waals surface area contributed by atoms with Crippen LogP contribution < -0.4 is 10.1 Å². The van der Waals surface area contributed by atoms with Gasteiger partial charge in [0.2, 0.25) is 11.7 Å². The number of carbonyl (C=O) groups is 1. The van der Waals surface area contributed by atoms with Crippen LogP contribution in [0.3, 0.4) is 0 Å². The van der Waals surface area contributed by atoms with Crippen molar-refractivity contribution in [2.45, 2.75) is 45.3 Å². The number of fused-ring (bicyclic) bond motifs is 1. The molecule has 7 heteroatoms. The number of rotatable bonds is 6. The van der Waals surface area contributed by atoms with E-state index in [0.29, 0.717) is 16.7 Å². The molecule has 29 heavy (non-hydrogen) atoms. The van der Waals surface area contributed by atoms with Crippen LogP contribution in [0.15, 0.2) is 47.0 Å². The molecule has 6 nitrogen and oxygen atoms in total. The first kappa shape index (κ1) is 19.5. The number of carbonyl (C=O) groups excluding carboxylic acids is 1. The maximum atomic E-state index is 12.5. The normalized spacial score (nSPS) is 14.1. The molecule has 0 bridgehead atoms. The molecule has 0 saturated carbocycles. The molecule has 0 spiro atoms. The van der Waals surface area contributed by atoms with Crippen LogP contribution in [0.5, 0.6) is 5.75 Å². The lowest BCUT2D eigenvalue weighted by Crippen LogP contribution is -2.36. The van der Waals surface area contributed by atoms with E-state index in [1.165, 1.54) is 17.5 Å². The summed E-state index contributed by atoms with van der Waals surface area (Å²) in [4.78, 5) is 16.8. The van der Waals surface area contributed by atoms with Crippen LogP contribution in [0.25, 0.3) is 11.4 Å². The summed E-state index contributed by atoms with van der Waals surface area (Å²) >= 11 is 5.89. The van der Waals surface area contributed by atoms with Crippen molar-refractivity contribution >= 4 is 17.5 Å². The van der Waals surface area contributed by atoms with Gasteiger partial charge >= 0.3 is 0 Å². The van der Waals surface area contributed by atoms with Gasteiger partial charge in [-0.3, -0.25) is 4.79 Å². The first-order valence-corrected chi connectivity index (χ1v) is 10.1. The summed E-state index contributed by atoms with van der Waals surface area (Å²) in [7, 11) is 0. The molecule has 1 heterocycles. The molecule has 1 N–H and O–H groups in total. The van der Waals surface area contributed by atoms with Gasteiger partial charge in [0.15, 0.2) is 6.10 Å². The second-order valence-electron chi connectivity index (χ2n) is 7.10. The molecular formula is C22H22ClN3O3. The summed E-state index contributed by atoms with van der Waals surface area (Å²) in [6.45, 7) is 1.88. The summed E-state index contributed by atoms with van der Waals surface area (Å²) in [5.41, 5.74) is 3.34. The molecule has 0 aliphatic heterocycles. The van der Waals surface area contributed by atoms with E-state index in [2.05, 4.69) is 21.5 Å². The molecular weight excluding hydrogens is 390 g/mol. The largest absolute Gasteiger partial charge is 0.481 e. The lowest BCUT2D eigenvalue weighted by molar-refractivity contribution is -0.127. The van der Waals surface area contributed by atoms with E-state index in [1.807, 2.05) is 24.3 Å². The Bertz CT molecular complexity index is 1000. The van der Waals surface area contributed by atoms with Gasteiger partial charge < -0.3 is 14.6 Å². The maximum Gasteiger partial charge on any atom is 0.261 e. The third-order valence-corrected chi connectivity index (χ3v) is 5.26. The van der Waals surface area contributed by atoms with Crippen molar-refractivity contribution in [2.75, 3.05) is 0 Å². The number of aromatic nitrogens is 2. The Morgan fingerprint density at radius 3 is 2.83 bits per heavy atom. The lowest BCUT2D eigenvalue weighted by Gasteiger charge is -2.21. The SMILES string of the molecule is C[C@H](Oc1cccc2c1CCCC2)C(=O)NCc1nc(-c2ccc(Cl)cc2)no1. The Kier molecular flexibility index (Phi) is 5.81. The number of nitrogens with one attached hydrogen (secondary N) is 1. The second kappa shape index (κ2) is 8.66. The molecule has 4 rings (SSSR count). The fourth-order valence-electron chi connectivity index (χ4n) is 3.45. The van der Waals surface area contributed by atoms with Gasteiger partial charge in [-0.05, 0) is 74.1 Å². The monoisotopic (exact) mass is 411 g/mol. The third kappa shape index (κ3) is 4.59. The van der Waals surface area contributed by atoms with Crippen LogP contribution in [0.2, 0.25) is 5.02 Å². The minimum absolute atomic E-state index is 0.139. The Hall–Kier alpha value is -2.86. The molecule has 1 aliphatic carbocycles. The van der Waals surface area contributed by atoms with E-state index in [9.17, 15) is 4.79 Å². The average Bonchev–Trinajstić information content (AvgIpc) is 3.22. The van der Waals surface area contributed by atoms with Gasteiger partial charge in [-0.25, -0.2) is 0 Å². The average molecular weight is 412 g/mol. The predicted molar refractivity (Wildman–Crippen MR) is 110 cm³/mol. The van der Waals surface area contributed by atoms with Crippen molar-refractivity contribution in [3.05, 3.63) is 64.5 Å². The zero-order valence-electron chi connectivity index (χ0n) is 16.2. The standard InChI is InChI=1S/C22H22ClN3O3/c1-14(28-19-8-4-6-15-5-2-3-7-18(15)19)22(27)24-13-20-25-21(26-29-20)16-9-11-17(23)12-10-16/h4,6,8-12,14H,2-3,5,7,13H2,1H3,(H,24,27)/t14-/m0/s1. The second-order valence-corrected chi connectivity index (χ2v) is 7.53. The first-order chi connectivity index (χ1) is 14.1. The van der Waals surface area contributed by atoms with Crippen molar-refractivity contribution in [3.8, 4) is 17.1 Å². The molecule has 0 unspecified atom stereocenters. The highest BCUT2D eigenvalue weighted by Gasteiger charge is 2.20. The van der Waals surface area contributed by atoms with Crippen LogP contribution in [-0.4, -0.2) is 22.2 Å². The fraction of sp³-hybridized carbons (Fsp3) is 0.318. The molecule has 150 valence electrons. The fourth-order valence-corrected chi connectivity index (χ4v) is 3.58. The smallest absolute Gasteiger partial charge is 0.261 e. The summed E-state index contributed by atoms with van der Waals surface area (Å²) < 4.78 is 11.2. The van der Waals surface area contributed by atoms with E-state index in [-0.39, 0.29) is 12.5 Å². The summed E-state index contributed by atoms with van der Waals surface area (Å²) in [5.74, 6) is 1.34. The van der Waals surface area contributed by atoms with Gasteiger partial charge in [0.05, 0.1) is 6.54 Å². The summed E-state index contributed by atoms with van der Waals surface area (Å²) in [6, 6.07) is 13.2. The molecule has 1 aliphatic rings. The maximum absolute atomic E-state index is 12.5. The number of hydrogen-bond donors (Lipinski definition) is 1. The van der Waals surface area contributed by atoms with Gasteiger partial charge in [-0.2, -0.15) is 4.98 Å². The van der Waals surface area contributed by atoms with Gasteiger partial charge in [0.1, 0.15) is 5.75 Å². The highest BCUT2D eigenvalue weighted by molar-refractivity contribution is 6.30. The van der Waals surface area contributed by atoms with Crippen molar-refractivity contribution in [3.63, 3.8) is 0 Å². The van der Waals surface area contributed by atoms with E-state index >= 15 is 0 Å². The number of amides is 1. The zero-order valence-corrected chi connectivity index (χ0v) is 16.9. The number of ether oxygens (including phenoxy) is 1. The van der Waals surface area contributed by atoms with Crippen molar-refractivity contribution < 1.29 is 14.1 Å². The molecule has 2 aromatic carbocycles. The minimum atomic E-state index is -0.623. The van der Waals surface area contributed by atoms with Gasteiger partial charge in [-0.1, -0.05) is 28.9 Å². The van der Waals surface area contributed by atoms with Crippen LogP contribution in [0.1, 0.15) is 36.8 Å². The van der Waals surface area contributed by atoms with E-state index in [1.54, 1.807) is 19.1 Å². The van der Waals surface area contributed by atoms with Crippen LogP contribution in [0, 0.1) is 0 Å². The van der Waals surface area contributed by atoms with Gasteiger partial charge in [0, 0.05) is 10.6 Å². The quantitative estimate of drug-likeness (QED) is 0.652. The van der Waals surface area contributed by atoms with Crippen molar-refractivity contribution in [1.82, 2.24) is 15.5 Å². The highest BCUT2D eigenvalue weighted by Crippen LogP contribution is 2.30. The lowest BCUT2D eigenvalue weighted by atomic mass is 9.91. The Morgan fingerprint density at radius 1 is 1.21 bits per heavy atom. The molecule has 0 saturated heterocycles. The zero-order chi connectivity index (χ0) is 20.2. The van der Waals surface area contributed by atoms with E-state index in [4.69, 9.17) is 20.9 Å². The number of halogens is 1. The van der Waals surface area contributed by atoms with Gasteiger partial charge in [0.25, 0.3) is 5.91 Å². The van der Waals surface area contributed by atoms with Crippen molar-refractivity contribution in [2.24, 2.45) is 0 Å². The molecule has 3 aromatic rings. The summed E-state index contributed by atoms with van der Waals surface area (Å²) in [5, 5.41) is 7.37. The topological polar surface area (TPSA) is 77.2 Å². The number of nitrogens with zero attached hydrogens (tertiary/aromatic N) is 2. The number of hydrogen-bond acceptors (Lipinski definition) is 5.